The van der Waals surface area contributed by atoms with Crippen LogP contribution in [0, 0.1) is 17.2 Å². The average Bonchev–Trinajstić information content (AvgIpc) is 3.38. The minimum absolute atomic E-state index is 0.0971. The highest BCUT2D eigenvalue weighted by Gasteiger charge is 2.49. The highest BCUT2D eigenvalue weighted by atomic mass is 35.5. The second-order valence-corrected chi connectivity index (χ2v) is 10.4. The zero-order valence-electron chi connectivity index (χ0n) is 17.4. The van der Waals surface area contributed by atoms with Crippen LogP contribution in [0.3, 0.4) is 0 Å². The third kappa shape index (κ3) is 3.77. The number of urea groups is 1. The molecule has 8 heteroatoms. The number of hydrogen-bond acceptors (Lipinski definition) is 2. The summed E-state index contributed by atoms with van der Waals surface area (Å²) in [5, 5.41) is 6.64. The number of likely N-dealkylation sites (N-methyl/N-ethyl adjacent to an activating group) is 1. The van der Waals surface area contributed by atoms with Gasteiger partial charge in [-0.1, -0.05) is 43.0 Å². The first kappa shape index (κ1) is 21.7. The van der Waals surface area contributed by atoms with Crippen LogP contribution < -0.4 is 10.6 Å². The summed E-state index contributed by atoms with van der Waals surface area (Å²) in [6.45, 7) is 2.69. The zero-order chi connectivity index (χ0) is 21.7. The summed E-state index contributed by atoms with van der Waals surface area (Å²) in [5.74, 6) is -0.787. The number of amides is 3. The molecule has 1 unspecified atom stereocenters. The van der Waals surface area contributed by atoms with Crippen molar-refractivity contribution < 1.29 is 14.0 Å². The summed E-state index contributed by atoms with van der Waals surface area (Å²) in [6.07, 6.45) is 5.88. The van der Waals surface area contributed by atoms with E-state index in [2.05, 4.69) is 17.6 Å². The standard InChI is InChI=1S/C22H28Cl2FN3O2/c1-21(8-3-4-9-21)18(16-15(25)6-5-14(23)17(16)24)26-19(29)13-7-10-22(11-13)12-28(2)20(30)27-22/h5-6,13,18H,3-4,7-12H2,1-2H3,(H,26,29)(H,27,30)/t13?,18-,22-/m1/s1. The van der Waals surface area contributed by atoms with Gasteiger partial charge in [-0.15, -0.1) is 0 Å². The Bertz CT molecular complexity index is 874. The molecular weight excluding hydrogens is 428 g/mol. The number of carbonyl (C=O) groups is 2. The number of benzene rings is 1. The molecule has 164 valence electrons. The second-order valence-electron chi connectivity index (χ2n) is 9.57. The molecule has 0 aromatic heterocycles. The van der Waals surface area contributed by atoms with Crippen LogP contribution in [-0.2, 0) is 4.79 Å². The summed E-state index contributed by atoms with van der Waals surface area (Å²) in [7, 11) is 1.76. The van der Waals surface area contributed by atoms with E-state index in [-0.39, 0.29) is 44.4 Å². The van der Waals surface area contributed by atoms with E-state index in [0.717, 1.165) is 32.1 Å². The fourth-order valence-electron chi connectivity index (χ4n) is 5.63. The maximum Gasteiger partial charge on any atom is 0.317 e. The van der Waals surface area contributed by atoms with Crippen molar-refractivity contribution in [3.63, 3.8) is 0 Å². The van der Waals surface area contributed by atoms with E-state index in [1.165, 1.54) is 12.1 Å². The number of nitrogens with one attached hydrogen (secondary N) is 2. The van der Waals surface area contributed by atoms with E-state index >= 15 is 0 Å². The molecule has 3 atom stereocenters. The van der Waals surface area contributed by atoms with Gasteiger partial charge in [-0.3, -0.25) is 4.79 Å². The monoisotopic (exact) mass is 455 g/mol. The molecule has 1 aromatic carbocycles. The van der Waals surface area contributed by atoms with Crippen LogP contribution >= 0.6 is 23.2 Å². The van der Waals surface area contributed by atoms with Crippen LogP contribution in [0.4, 0.5) is 9.18 Å². The Labute approximate surface area is 186 Å². The summed E-state index contributed by atoms with van der Waals surface area (Å²) in [4.78, 5) is 26.9. The lowest BCUT2D eigenvalue weighted by atomic mass is 9.76. The van der Waals surface area contributed by atoms with Crippen molar-refractivity contribution in [1.29, 1.82) is 0 Å². The lowest BCUT2D eigenvalue weighted by Gasteiger charge is -2.36. The molecule has 3 amide bonds. The largest absolute Gasteiger partial charge is 0.348 e. The molecule has 30 heavy (non-hydrogen) atoms. The summed E-state index contributed by atoms with van der Waals surface area (Å²) >= 11 is 12.6. The Morgan fingerprint density at radius 1 is 1.30 bits per heavy atom. The molecule has 1 aromatic rings. The third-order valence-electron chi connectivity index (χ3n) is 7.34. The van der Waals surface area contributed by atoms with Gasteiger partial charge in [0.25, 0.3) is 0 Å². The molecule has 1 heterocycles. The molecule has 2 aliphatic carbocycles. The molecule has 3 fully saturated rings. The van der Waals surface area contributed by atoms with Crippen LogP contribution in [-0.4, -0.2) is 36.0 Å². The molecule has 5 nitrogen and oxygen atoms in total. The predicted molar refractivity (Wildman–Crippen MR) is 115 cm³/mol. The van der Waals surface area contributed by atoms with Crippen LogP contribution in [0.1, 0.15) is 63.5 Å². The fraction of sp³-hybridized carbons (Fsp3) is 0.636. The zero-order valence-corrected chi connectivity index (χ0v) is 18.9. The van der Waals surface area contributed by atoms with Crippen molar-refractivity contribution in [2.45, 2.75) is 63.5 Å². The van der Waals surface area contributed by atoms with E-state index in [1.54, 1.807) is 11.9 Å². The average molecular weight is 456 g/mol. The van der Waals surface area contributed by atoms with Gasteiger partial charge in [-0.25, -0.2) is 9.18 Å². The van der Waals surface area contributed by atoms with E-state index in [0.29, 0.717) is 19.4 Å². The Morgan fingerprint density at radius 2 is 2.00 bits per heavy atom. The van der Waals surface area contributed by atoms with Gasteiger partial charge in [0.05, 0.1) is 21.6 Å². The molecule has 1 aliphatic heterocycles. The smallest absolute Gasteiger partial charge is 0.317 e. The predicted octanol–water partition coefficient (Wildman–Crippen LogP) is 5.06. The van der Waals surface area contributed by atoms with Crippen molar-refractivity contribution in [2.24, 2.45) is 11.3 Å². The molecule has 0 bridgehead atoms. The van der Waals surface area contributed by atoms with Crippen LogP contribution in [0.2, 0.25) is 10.0 Å². The molecule has 3 aliphatic rings. The molecule has 2 saturated carbocycles. The normalized spacial score (nSPS) is 28.8. The fourth-order valence-corrected chi connectivity index (χ4v) is 6.06. The van der Waals surface area contributed by atoms with Gasteiger partial charge in [0.2, 0.25) is 5.91 Å². The van der Waals surface area contributed by atoms with Gasteiger partial charge in [-0.2, -0.15) is 0 Å². The van der Waals surface area contributed by atoms with E-state index in [9.17, 15) is 14.0 Å². The van der Waals surface area contributed by atoms with Crippen molar-refractivity contribution >= 4 is 35.1 Å². The molecule has 1 spiro atoms. The number of nitrogens with zero attached hydrogens (tertiary/aromatic N) is 1. The number of carbonyl (C=O) groups excluding carboxylic acids is 2. The van der Waals surface area contributed by atoms with E-state index < -0.39 is 11.9 Å². The molecule has 2 N–H and O–H groups in total. The maximum atomic E-state index is 14.9. The third-order valence-corrected chi connectivity index (χ3v) is 8.15. The number of rotatable bonds is 4. The van der Waals surface area contributed by atoms with Crippen molar-refractivity contribution in [1.82, 2.24) is 15.5 Å². The summed E-state index contributed by atoms with van der Waals surface area (Å²) in [5.41, 5.74) is -0.355. The van der Waals surface area contributed by atoms with Gasteiger partial charge in [0, 0.05) is 25.1 Å². The first-order chi connectivity index (χ1) is 14.1. The van der Waals surface area contributed by atoms with Crippen LogP contribution in [0.15, 0.2) is 12.1 Å². The van der Waals surface area contributed by atoms with E-state index in [4.69, 9.17) is 23.2 Å². The highest BCUT2D eigenvalue weighted by Crippen LogP contribution is 2.50. The minimum Gasteiger partial charge on any atom is -0.348 e. The van der Waals surface area contributed by atoms with Gasteiger partial charge >= 0.3 is 6.03 Å². The topological polar surface area (TPSA) is 61.4 Å². The van der Waals surface area contributed by atoms with Gasteiger partial charge in [0.1, 0.15) is 5.82 Å². The van der Waals surface area contributed by atoms with Gasteiger partial charge in [-0.05, 0) is 49.7 Å². The Kier molecular flexibility index (Phi) is 5.69. The Hall–Kier alpha value is -1.53. The number of hydrogen-bond donors (Lipinski definition) is 2. The van der Waals surface area contributed by atoms with Crippen molar-refractivity contribution in [3.8, 4) is 0 Å². The van der Waals surface area contributed by atoms with E-state index in [1.807, 2.05) is 0 Å². The second kappa shape index (κ2) is 7.86. The molecular formula is C22H28Cl2FN3O2. The van der Waals surface area contributed by atoms with Crippen LogP contribution in [0.5, 0.6) is 0 Å². The Morgan fingerprint density at radius 3 is 2.63 bits per heavy atom. The van der Waals surface area contributed by atoms with Gasteiger partial charge < -0.3 is 15.5 Å². The highest BCUT2D eigenvalue weighted by molar-refractivity contribution is 6.42. The first-order valence-corrected chi connectivity index (χ1v) is 11.4. The molecule has 0 radical (unpaired) electrons. The van der Waals surface area contributed by atoms with Gasteiger partial charge in [0.15, 0.2) is 0 Å². The van der Waals surface area contributed by atoms with Crippen molar-refractivity contribution in [3.05, 3.63) is 33.6 Å². The quantitative estimate of drug-likeness (QED) is 0.622. The lowest BCUT2D eigenvalue weighted by molar-refractivity contribution is -0.126. The summed E-state index contributed by atoms with van der Waals surface area (Å²) < 4.78 is 14.9. The first-order valence-electron chi connectivity index (χ1n) is 10.6. The lowest BCUT2D eigenvalue weighted by Crippen LogP contribution is -2.44. The number of halogens is 3. The van der Waals surface area contributed by atoms with Crippen LogP contribution in [0.25, 0.3) is 0 Å². The SMILES string of the molecule is CN1C[C@]2(CCC(C(=O)N[C@H](c3c(F)ccc(Cl)c3Cl)C3(C)CCCC3)C2)NC1=O. The summed E-state index contributed by atoms with van der Waals surface area (Å²) in [6, 6.07) is 2.12. The Balaban J connectivity index is 1.58. The maximum absolute atomic E-state index is 14.9. The molecule has 1 saturated heterocycles. The molecule has 4 rings (SSSR count). The van der Waals surface area contributed by atoms with Crippen molar-refractivity contribution in [2.75, 3.05) is 13.6 Å². The minimum atomic E-state index is -0.545.